The molecule has 1 aliphatic rings. The van der Waals surface area contributed by atoms with Crippen molar-refractivity contribution >= 4 is 40.8 Å². The molecule has 1 aliphatic heterocycles. The summed E-state index contributed by atoms with van der Waals surface area (Å²) in [6, 6.07) is 13.3. The lowest BCUT2D eigenvalue weighted by Crippen LogP contribution is -2.35. The van der Waals surface area contributed by atoms with Crippen LogP contribution in [-0.4, -0.2) is 40.6 Å². The second-order valence-corrected chi connectivity index (χ2v) is 8.37. The Hall–Kier alpha value is -3.78. The molecule has 3 aromatic rings. The second-order valence-electron chi connectivity index (χ2n) is 7.93. The first-order chi connectivity index (χ1) is 16.4. The Kier molecular flexibility index (Phi) is 8.54. The van der Waals surface area contributed by atoms with Gasteiger partial charge in [-0.1, -0.05) is 31.2 Å². The van der Waals surface area contributed by atoms with Crippen LogP contribution >= 0.6 is 11.6 Å². The lowest BCUT2D eigenvalue weighted by Gasteiger charge is -2.29. The first-order valence-corrected chi connectivity index (χ1v) is 11.3. The maximum atomic E-state index is 13.9. The number of rotatable bonds is 5. The molecule has 2 amide bonds. The molecule has 0 unspecified atom stereocenters. The summed E-state index contributed by atoms with van der Waals surface area (Å²) >= 11 is 5.81. The van der Waals surface area contributed by atoms with Gasteiger partial charge in [0.15, 0.2) is 0 Å². The largest absolute Gasteiger partial charge is 0.357 e. The van der Waals surface area contributed by atoms with Crippen LogP contribution in [0, 0.1) is 11.2 Å². The van der Waals surface area contributed by atoms with Crippen LogP contribution in [0.1, 0.15) is 53.0 Å². The molecule has 0 radical (unpaired) electrons. The van der Waals surface area contributed by atoms with Gasteiger partial charge in [0.25, 0.3) is 11.8 Å². The highest BCUT2D eigenvalue weighted by molar-refractivity contribution is 6.30. The fraction of sp³-hybridized carbons (Fsp3) is 0.231. The number of amidine groups is 1. The van der Waals surface area contributed by atoms with Crippen LogP contribution in [0.15, 0.2) is 60.8 Å². The van der Waals surface area contributed by atoms with Gasteiger partial charge in [0.05, 0.1) is 16.3 Å². The molecule has 4 rings (SSSR count). The van der Waals surface area contributed by atoms with Gasteiger partial charge in [0, 0.05) is 30.4 Å². The smallest absolute Gasteiger partial charge is 0.259 e. The molecule has 9 heteroatoms. The molecule has 1 fully saturated rings. The van der Waals surface area contributed by atoms with E-state index in [-0.39, 0.29) is 24.5 Å². The Balaban J connectivity index is 0.00000342. The number of nitrogens with one attached hydrogen (secondary N) is 3. The monoisotopic (exact) mass is 495 g/mol. The third-order valence-electron chi connectivity index (χ3n) is 5.54. The maximum Gasteiger partial charge on any atom is 0.259 e. The molecule has 35 heavy (non-hydrogen) atoms. The van der Waals surface area contributed by atoms with Crippen LogP contribution in [0.4, 0.5) is 15.9 Å². The van der Waals surface area contributed by atoms with Crippen molar-refractivity contribution in [3.8, 4) is 0 Å². The van der Waals surface area contributed by atoms with Crippen molar-refractivity contribution in [3.05, 3.63) is 88.3 Å². The normalized spacial score (nSPS) is 12.9. The molecule has 0 aliphatic carbocycles. The molecule has 2 aromatic carbocycles. The fourth-order valence-corrected chi connectivity index (χ4v) is 3.83. The maximum absolute atomic E-state index is 13.9. The number of aromatic nitrogens is 1. The van der Waals surface area contributed by atoms with E-state index in [1.807, 2.05) is 4.90 Å². The first kappa shape index (κ1) is 25.8. The number of hydrogen-bond donors (Lipinski definition) is 3. The van der Waals surface area contributed by atoms with E-state index < -0.39 is 17.6 Å². The number of carbonyl (C=O) groups is 2. The van der Waals surface area contributed by atoms with Gasteiger partial charge in [-0.2, -0.15) is 0 Å². The average molecular weight is 496 g/mol. The van der Waals surface area contributed by atoms with Crippen LogP contribution in [0.25, 0.3) is 0 Å². The Bertz CT molecular complexity index is 1210. The predicted octanol–water partition coefficient (Wildman–Crippen LogP) is 5.83. The molecule has 1 aromatic heterocycles. The van der Waals surface area contributed by atoms with Gasteiger partial charge in [0.1, 0.15) is 17.5 Å². The summed E-state index contributed by atoms with van der Waals surface area (Å²) in [5.41, 5.74) is 1.19. The Morgan fingerprint density at radius 3 is 2.26 bits per heavy atom. The van der Waals surface area contributed by atoms with Gasteiger partial charge >= 0.3 is 0 Å². The zero-order chi connectivity index (χ0) is 24.1. The van der Waals surface area contributed by atoms with Crippen molar-refractivity contribution in [1.82, 2.24) is 9.88 Å². The van der Waals surface area contributed by atoms with E-state index in [1.54, 1.807) is 30.3 Å². The van der Waals surface area contributed by atoms with Crippen molar-refractivity contribution < 1.29 is 14.0 Å². The quantitative estimate of drug-likeness (QED) is 0.306. The van der Waals surface area contributed by atoms with Crippen LogP contribution in [0.2, 0.25) is 5.02 Å². The number of pyridine rings is 1. The molecule has 2 heterocycles. The van der Waals surface area contributed by atoms with Gasteiger partial charge in [-0.05, 0) is 61.7 Å². The summed E-state index contributed by atoms with van der Waals surface area (Å²) in [6.07, 6.45) is 4.71. The Morgan fingerprint density at radius 1 is 0.914 bits per heavy atom. The zero-order valence-corrected chi connectivity index (χ0v) is 19.0. The summed E-state index contributed by atoms with van der Waals surface area (Å²) < 4.78 is 13.9. The van der Waals surface area contributed by atoms with Gasteiger partial charge in [-0.25, -0.2) is 9.37 Å². The number of anilines is 2. The molecule has 0 spiro atoms. The summed E-state index contributed by atoms with van der Waals surface area (Å²) in [4.78, 5) is 31.6. The van der Waals surface area contributed by atoms with Crippen molar-refractivity contribution in [1.29, 1.82) is 5.41 Å². The van der Waals surface area contributed by atoms with E-state index in [0.29, 0.717) is 16.4 Å². The van der Waals surface area contributed by atoms with E-state index in [1.165, 1.54) is 24.8 Å². The molecule has 0 saturated carbocycles. The number of likely N-dealkylation sites (tertiary alicyclic amines) is 1. The Labute approximate surface area is 208 Å². The minimum Gasteiger partial charge on any atom is -0.357 e. The number of carbonyl (C=O) groups excluding carboxylic acids is 2. The summed E-state index contributed by atoms with van der Waals surface area (Å²) in [5, 5.41) is 14.1. The number of nitrogens with zero attached hydrogens (tertiary/aromatic N) is 2. The number of benzene rings is 2. The molecule has 7 nitrogen and oxygen atoms in total. The minimum absolute atomic E-state index is 0. The molecule has 3 N–H and O–H groups in total. The van der Waals surface area contributed by atoms with E-state index in [9.17, 15) is 14.0 Å². The van der Waals surface area contributed by atoms with Gasteiger partial charge < -0.3 is 15.5 Å². The first-order valence-electron chi connectivity index (χ1n) is 10.9. The topological polar surface area (TPSA) is 98.2 Å². The van der Waals surface area contributed by atoms with Crippen LogP contribution in [0.5, 0.6) is 0 Å². The number of halogens is 2. The third kappa shape index (κ3) is 6.42. The molecule has 0 atom stereocenters. The zero-order valence-electron chi connectivity index (χ0n) is 18.3. The van der Waals surface area contributed by atoms with E-state index in [0.717, 1.165) is 43.6 Å². The van der Waals surface area contributed by atoms with E-state index in [4.69, 9.17) is 17.0 Å². The number of amides is 2. The van der Waals surface area contributed by atoms with E-state index >= 15 is 0 Å². The molecule has 1 saturated heterocycles. The molecular formula is C26H27ClFN5O2. The number of hydrogen-bond acceptors (Lipinski definition) is 4. The summed E-state index contributed by atoms with van der Waals surface area (Å²) in [5.74, 6) is -1.02. The second kappa shape index (κ2) is 11.6. The van der Waals surface area contributed by atoms with Crippen molar-refractivity contribution in [2.45, 2.75) is 26.7 Å². The highest BCUT2D eigenvalue weighted by Gasteiger charge is 2.18. The van der Waals surface area contributed by atoms with Gasteiger partial charge in [-0.15, -0.1) is 0 Å². The van der Waals surface area contributed by atoms with Gasteiger partial charge in [0.2, 0.25) is 0 Å². The summed E-state index contributed by atoms with van der Waals surface area (Å²) in [6.45, 7) is 1.73. The van der Waals surface area contributed by atoms with Crippen LogP contribution < -0.4 is 10.6 Å². The molecule has 182 valence electrons. The van der Waals surface area contributed by atoms with Crippen LogP contribution in [-0.2, 0) is 0 Å². The molecular weight excluding hydrogens is 469 g/mol. The van der Waals surface area contributed by atoms with Crippen molar-refractivity contribution in [2.24, 2.45) is 0 Å². The predicted molar refractivity (Wildman–Crippen MR) is 137 cm³/mol. The SMILES string of the molecule is C.N=C(c1ccc(C(=O)Nc2ccc(F)cc2C(=O)Nc2ccc(Cl)cn2)cc1)N1CCCCC1. The fourth-order valence-electron chi connectivity index (χ4n) is 3.72. The standard InChI is InChI=1S/C25H23ClFN5O2.CH4/c26-18-8-11-22(29-15-18)31-25(34)20-14-19(27)9-10-21(20)30-24(33)17-6-4-16(5-7-17)23(28)32-12-2-1-3-13-32;/h4-11,14-15,28H,1-3,12-13H2,(H,30,33)(H,29,31,34);1H4. The summed E-state index contributed by atoms with van der Waals surface area (Å²) in [7, 11) is 0. The highest BCUT2D eigenvalue weighted by Crippen LogP contribution is 2.21. The lowest BCUT2D eigenvalue weighted by molar-refractivity contribution is 0.102. The number of piperidine rings is 1. The minimum atomic E-state index is -0.630. The molecule has 0 bridgehead atoms. The third-order valence-corrected chi connectivity index (χ3v) is 5.76. The lowest BCUT2D eigenvalue weighted by atomic mass is 10.1. The van der Waals surface area contributed by atoms with Crippen molar-refractivity contribution in [3.63, 3.8) is 0 Å². The van der Waals surface area contributed by atoms with E-state index in [2.05, 4.69) is 15.6 Å². The Morgan fingerprint density at radius 2 is 1.60 bits per heavy atom. The van der Waals surface area contributed by atoms with Crippen LogP contribution in [0.3, 0.4) is 0 Å². The van der Waals surface area contributed by atoms with Gasteiger partial charge in [-0.3, -0.25) is 15.0 Å². The van der Waals surface area contributed by atoms with Crippen molar-refractivity contribution in [2.75, 3.05) is 23.7 Å². The average Bonchev–Trinajstić information content (AvgIpc) is 2.86. The highest BCUT2D eigenvalue weighted by atomic mass is 35.5.